The maximum Gasteiger partial charge on any atom is 0.328 e. The van der Waals surface area contributed by atoms with Crippen LogP contribution in [-0.2, 0) is 71.0 Å². The molecule has 8 rings (SSSR count). The van der Waals surface area contributed by atoms with Gasteiger partial charge in [-0.1, -0.05) is 109 Å². The van der Waals surface area contributed by atoms with Crippen molar-refractivity contribution >= 4 is 51.2 Å². The van der Waals surface area contributed by atoms with Crippen LogP contribution in [0.25, 0.3) is 0 Å². The number of hydrogen-bond donors (Lipinski definition) is 8. The second kappa shape index (κ2) is 35.2. The fourth-order valence-corrected chi connectivity index (χ4v) is 9.22. The lowest BCUT2D eigenvalue weighted by molar-refractivity contribution is -0.137. The van der Waals surface area contributed by atoms with Gasteiger partial charge in [0.15, 0.2) is 0 Å². The number of aromatic amines is 4. The zero-order chi connectivity index (χ0) is 65.2. The van der Waals surface area contributed by atoms with E-state index in [0.717, 1.165) is 89.5 Å². The zero-order valence-electron chi connectivity index (χ0n) is 49.2. The van der Waals surface area contributed by atoms with Crippen LogP contribution in [0, 0.1) is 13.8 Å². The topological polar surface area (TPSA) is 386 Å². The highest BCUT2D eigenvalue weighted by Gasteiger charge is 2.09. The summed E-state index contributed by atoms with van der Waals surface area (Å²) in [7, 11) is 0. The van der Waals surface area contributed by atoms with Crippen molar-refractivity contribution in [2.45, 2.75) is 123 Å². The number of nitrogens with two attached hydrogens (primary N) is 3. The van der Waals surface area contributed by atoms with E-state index < -0.39 is 39.8 Å². The number of aromatic nitrogens is 8. The van der Waals surface area contributed by atoms with Gasteiger partial charge < -0.3 is 22.3 Å². The number of benzene rings is 4. The minimum Gasteiger partial charge on any atom is -0.481 e. The minimum atomic E-state index is -0.762. The van der Waals surface area contributed by atoms with Crippen molar-refractivity contribution in [3.05, 3.63) is 270 Å². The summed E-state index contributed by atoms with van der Waals surface area (Å²) < 4.78 is 6.02. The Morgan fingerprint density at radius 1 is 0.393 bits per heavy atom. The number of rotatable bonds is 25. The Hall–Kier alpha value is -9.75. The molecule has 0 radical (unpaired) electrons. The standard InChI is InChI=1S/C17H20N2O4.C16H19N3O3.C15H16BrN3O3.C15H16ClN3O3/c1-12-10-19(17(23)18-16(12)22)11-14-8-6-13(7-9-14)4-2-3-5-15(20)21;1-11-9-19(16(22)18-15(11)21)10-13-7-5-12(6-8-13)3-2-4-14(17)20;2*16-12-9-19(15(22)18-14(12)21)8-11-6-4-10(5-7-11)2-1-3-13(17)20/h6-10H,2-5,11H2,1H3,(H,20,21)(H,18,22,23);5-9H,2-4,10H2,1H3,(H2,17,20)(H,18,21,22);2*4-7,9H,1-3,8H2,(H2,17,20)(H,18,21,22). The molecule has 89 heavy (non-hydrogen) atoms. The van der Waals surface area contributed by atoms with E-state index in [1.807, 2.05) is 97.1 Å². The number of aliphatic carboxylic acids is 1. The molecular weight excluding hydrogens is 1230 g/mol. The van der Waals surface area contributed by atoms with Crippen molar-refractivity contribution in [2.24, 2.45) is 17.2 Å². The number of carboxylic acids is 1. The molecule has 4 heterocycles. The van der Waals surface area contributed by atoms with Gasteiger partial charge in [-0.15, -0.1) is 0 Å². The zero-order valence-corrected chi connectivity index (χ0v) is 51.5. The molecule has 0 aliphatic heterocycles. The molecule has 0 spiro atoms. The second-order valence-corrected chi connectivity index (χ2v) is 22.2. The van der Waals surface area contributed by atoms with E-state index in [9.17, 15) is 57.5 Å². The Labute approximate surface area is 522 Å². The molecule has 0 unspecified atom stereocenters. The van der Waals surface area contributed by atoms with Gasteiger partial charge in [0.25, 0.3) is 22.2 Å². The average Bonchev–Trinajstić information content (AvgIpc) is 3.69. The molecule has 24 nitrogen and oxygen atoms in total. The molecule has 470 valence electrons. The van der Waals surface area contributed by atoms with Gasteiger partial charge in [-0.25, -0.2) is 19.2 Å². The molecular formula is C63H71BrClN11O13. The third kappa shape index (κ3) is 24.9. The highest BCUT2D eigenvalue weighted by Crippen LogP contribution is 2.14. The number of halogens is 2. The largest absolute Gasteiger partial charge is 0.481 e. The van der Waals surface area contributed by atoms with Gasteiger partial charge in [0, 0.05) is 61.6 Å². The van der Waals surface area contributed by atoms with Crippen molar-refractivity contribution in [1.29, 1.82) is 0 Å². The van der Waals surface area contributed by atoms with E-state index in [1.165, 1.54) is 30.7 Å². The van der Waals surface area contributed by atoms with Crippen molar-refractivity contribution in [3.63, 3.8) is 0 Å². The molecule has 0 fully saturated rings. The van der Waals surface area contributed by atoms with Crippen LogP contribution in [-0.4, -0.2) is 67.0 Å². The van der Waals surface area contributed by atoms with Crippen molar-refractivity contribution in [2.75, 3.05) is 0 Å². The van der Waals surface area contributed by atoms with Crippen LogP contribution in [0.5, 0.6) is 0 Å². The van der Waals surface area contributed by atoms with Gasteiger partial charge in [0.2, 0.25) is 17.7 Å². The third-order valence-electron chi connectivity index (χ3n) is 13.6. The molecule has 0 aliphatic carbocycles. The Balaban J connectivity index is 0.000000216. The number of carbonyl (C=O) groups excluding carboxylic acids is 3. The Bertz CT molecular complexity index is 3880. The summed E-state index contributed by atoms with van der Waals surface area (Å²) in [5.41, 5.74) is 21.0. The quantitative estimate of drug-likeness (QED) is 0.0363. The van der Waals surface area contributed by atoms with Gasteiger partial charge in [-0.2, -0.15) is 0 Å². The number of hydrogen-bond acceptors (Lipinski definition) is 12. The van der Waals surface area contributed by atoms with E-state index in [-0.39, 0.29) is 40.3 Å². The average molecular weight is 1310 g/mol. The summed E-state index contributed by atoms with van der Waals surface area (Å²) in [4.78, 5) is 144. The summed E-state index contributed by atoms with van der Waals surface area (Å²) >= 11 is 8.82. The van der Waals surface area contributed by atoms with Crippen LogP contribution in [0.4, 0.5) is 0 Å². The monoisotopic (exact) mass is 1300 g/mol. The normalized spacial score (nSPS) is 10.6. The SMILES string of the molecule is Cc1cn(Cc2ccc(CCCC(N)=O)cc2)c(=O)[nH]c1=O.Cc1cn(Cc2ccc(CCCCC(=O)O)cc2)c(=O)[nH]c1=O.NC(=O)CCCc1ccc(Cn2cc(Br)c(=O)[nH]c2=O)cc1.NC(=O)CCCc1ccc(Cn2cc(Cl)c(=O)[nH]c2=O)cc1. The van der Waals surface area contributed by atoms with Gasteiger partial charge in [-0.3, -0.25) is 76.6 Å². The molecule has 26 heteroatoms. The third-order valence-corrected chi connectivity index (χ3v) is 14.4. The number of H-pyrrole nitrogens is 4. The lowest BCUT2D eigenvalue weighted by atomic mass is 10.1. The highest BCUT2D eigenvalue weighted by atomic mass is 79.9. The number of primary amides is 3. The molecule has 0 saturated carbocycles. The number of aryl methyl sites for hydroxylation is 6. The van der Waals surface area contributed by atoms with Crippen molar-refractivity contribution < 1.29 is 24.3 Å². The van der Waals surface area contributed by atoms with Gasteiger partial charge in [0.05, 0.1) is 30.7 Å². The highest BCUT2D eigenvalue weighted by molar-refractivity contribution is 9.10. The minimum absolute atomic E-state index is 0.0253. The summed E-state index contributed by atoms with van der Waals surface area (Å²) in [6.07, 6.45) is 14.1. The summed E-state index contributed by atoms with van der Waals surface area (Å²) in [6.45, 7) is 4.81. The van der Waals surface area contributed by atoms with Crippen LogP contribution in [0.2, 0.25) is 5.02 Å². The summed E-state index contributed by atoms with van der Waals surface area (Å²) in [5.74, 6) is -1.64. The summed E-state index contributed by atoms with van der Waals surface area (Å²) in [6, 6.07) is 31.1. The Kier molecular flexibility index (Phi) is 27.7. The second-order valence-electron chi connectivity index (χ2n) is 21.0. The van der Waals surface area contributed by atoms with E-state index in [2.05, 4.69) is 35.9 Å². The first-order valence-electron chi connectivity index (χ1n) is 28.3. The molecule has 11 N–H and O–H groups in total. The predicted octanol–water partition coefficient (Wildman–Crippen LogP) is 4.59. The lowest BCUT2D eigenvalue weighted by Gasteiger charge is -2.07. The fraction of sp³-hybridized carbons (Fsp3) is 0.302. The van der Waals surface area contributed by atoms with Crippen LogP contribution in [0.3, 0.4) is 0 Å². The Morgan fingerprint density at radius 2 is 0.663 bits per heavy atom. The number of nitrogens with zero attached hydrogens (tertiary/aromatic N) is 4. The van der Waals surface area contributed by atoms with Crippen molar-refractivity contribution in [3.8, 4) is 0 Å². The van der Waals surface area contributed by atoms with Crippen LogP contribution >= 0.6 is 27.5 Å². The van der Waals surface area contributed by atoms with E-state index >= 15 is 0 Å². The smallest absolute Gasteiger partial charge is 0.328 e. The lowest BCUT2D eigenvalue weighted by Crippen LogP contribution is -2.31. The van der Waals surface area contributed by atoms with E-state index in [1.54, 1.807) is 26.2 Å². The number of amides is 3. The first-order valence-corrected chi connectivity index (χ1v) is 29.5. The molecule has 0 saturated heterocycles. The molecule has 0 atom stereocenters. The maximum absolute atomic E-state index is 11.8. The number of nitrogens with one attached hydrogen (secondary N) is 4. The molecule has 3 amide bonds. The van der Waals surface area contributed by atoms with Crippen LogP contribution < -0.4 is 62.2 Å². The Morgan fingerprint density at radius 3 is 0.978 bits per heavy atom. The summed E-state index contributed by atoms with van der Waals surface area (Å²) in [5, 5.41) is 8.57. The molecule has 0 aliphatic rings. The molecule has 8 aromatic rings. The predicted molar refractivity (Wildman–Crippen MR) is 341 cm³/mol. The van der Waals surface area contributed by atoms with Gasteiger partial charge in [-0.05, 0) is 132 Å². The maximum atomic E-state index is 11.8. The number of unbranched alkanes of at least 4 members (excludes halogenated alkanes) is 1. The molecule has 0 bridgehead atoms. The molecule has 4 aromatic carbocycles. The van der Waals surface area contributed by atoms with Crippen LogP contribution in [0.15, 0.2) is 165 Å². The number of carbonyl (C=O) groups is 4. The van der Waals surface area contributed by atoms with E-state index in [0.29, 0.717) is 73.9 Å². The van der Waals surface area contributed by atoms with Crippen molar-refractivity contribution in [1.82, 2.24) is 38.2 Å². The fourth-order valence-electron chi connectivity index (χ4n) is 8.71. The van der Waals surface area contributed by atoms with Gasteiger partial charge in [0.1, 0.15) is 5.02 Å². The first-order chi connectivity index (χ1) is 42.3. The van der Waals surface area contributed by atoms with Crippen LogP contribution in [0.1, 0.15) is 113 Å². The van der Waals surface area contributed by atoms with Gasteiger partial charge >= 0.3 is 28.7 Å². The molecule has 4 aromatic heterocycles. The van der Waals surface area contributed by atoms with E-state index in [4.69, 9.17) is 33.9 Å². The first kappa shape index (κ1) is 70.0. The number of carboxylic acid groups (broad SMARTS) is 1.